The maximum atomic E-state index is 11.8. The lowest BCUT2D eigenvalue weighted by Crippen LogP contribution is -2.46. The van der Waals surface area contributed by atoms with Crippen molar-refractivity contribution < 1.29 is 14.0 Å². The summed E-state index contributed by atoms with van der Waals surface area (Å²) in [5.74, 6) is -0.431. The summed E-state index contributed by atoms with van der Waals surface area (Å²) in [4.78, 5) is 11.8. The van der Waals surface area contributed by atoms with E-state index in [1.165, 1.54) is 0 Å². The van der Waals surface area contributed by atoms with Crippen molar-refractivity contribution in [2.75, 3.05) is 6.61 Å². The van der Waals surface area contributed by atoms with E-state index in [4.69, 9.17) is 9.16 Å². The van der Waals surface area contributed by atoms with Gasteiger partial charge in [-0.1, -0.05) is 0 Å². The lowest BCUT2D eigenvalue weighted by molar-refractivity contribution is -0.146. The Morgan fingerprint density at radius 2 is 2.24 bits per heavy atom. The fraction of sp³-hybridized carbons (Fsp3) is 0.615. The number of carbonyl (C=O) groups is 1. The Labute approximate surface area is 139 Å². The van der Waals surface area contributed by atoms with Gasteiger partial charge >= 0.3 is 5.97 Å². The van der Waals surface area contributed by atoms with E-state index in [2.05, 4.69) is 33.8 Å². The van der Waals surface area contributed by atoms with E-state index in [0.717, 1.165) is 3.57 Å². The van der Waals surface area contributed by atoms with Crippen molar-refractivity contribution in [1.29, 1.82) is 5.26 Å². The molecule has 21 heavy (non-hydrogen) atoms. The molecule has 0 aliphatic rings. The maximum absolute atomic E-state index is 11.8. The minimum atomic E-state index is -2.02. The molecule has 1 aromatic rings. The molecule has 0 bridgehead atoms. The van der Waals surface area contributed by atoms with Gasteiger partial charge < -0.3 is 9.16 Å². The molecule has 0 spiro atoms. The average Bonchev–Trinajstić information content (AvgIpc) is 2.72. The lowest BCUT2D eigenvalue weighted by atomic mass is 10.0. The van der Waals surface area contributed by atoms with Crippen LogP contribution in [0.3, 0.4) is 0 Å². The Hall–Kier alpha value is -0.923. The molecule has 0 saturated heterocycles. The van der Waals surface area contributed by atoms with Gasteiger partial charge in [0.15, 0.2) is 13.9 Å². The van der Waals surface area contributed by atoms with E-state index in [1.54, 1.807) is 17.8 Å². The van der Waals surface area contributed by atoms with Crippen LogP contribution < -0.4 is 0 Å². The summed E-state index contributed by atoms with van der Waals surface area (Å²) < 4.78 is 13.6. The normalized spacial score (nSPS) is 14.3. The first-order valence-corrected chi connectivity index (χ1v) is 11.1. The van der Waals surface area contributed by atoms with Gasteiger partial charge in [-0.25, -0.2) is 0 Å². The zero-order valence-electron chi connectivity index (χ0n) is 12.7. The van der Waals surface area contributed by atoms with Gasteiger partial charge in [0.25, 0.3) is 0 Å². The molecule has 0 N–H and O–H groups in total. The first kappa shape index (κ1) is 18.1. The second kappa shape index (κ2) is 7.37. The molecule has 0 aliphatic heterocycles. The summed E-state index contributed by atoms with van der Waals surface area (Å²) in [6.07, 6.45) is 3.41. The standard InChI is InChI=1S/C13H20IN3O3Si/c1-5-19-12(18)6-13(9-15,20-21(2,3)4)10-17-8-11(14)7-16-17/h7-8H,5-6,10H2,1-4H3. The van der Waals surface area contributed by atoms with Crippen LogP contribution >= 0.6 is 22.6 Å². The SMILES string of the molecule is CCOC(=O)CC(C#N)(Cn1cc(I)cn1)O[Si](C)(C)C. The number of hydrogen-bond donors (Lipinski definition) is 0. The third-order valence-corrected chi connectivity index (χ3v) is 4.02. The van der Waals surface area contributed by atoms with Crippen LogP contribution in [0.1, 0.15) is 13.3 Å². The Kier molecular flexibility index (Phi) is 6.36. The Morgan fingerprint density at radius 1 is 1.57 bits per heavy atom. The highest BCUT2D eigenvalue weighted by Gasteiger charge is 2.40. The number of rotatable bonds is 7. The van der Waals surface area contributed by atoms with Crippen molar-refractivity contribution >= 4 is 36.9 Å². The summed E-state index contributed by atoms with van der Waals surface area (Å²) >= 11 is 2.14. The number of aromatic nitrogens is 2. The van der Waals surface area contributed by atoms with E-state index in [9.17, 15) is 10.1 Å². The van der Waals surface area contributed by atoms with E-state index in [0.29, 0.717) is 0 Å². The minimum absolute atomic E-state index is 0.0992. The van der Waals surface area contributed by atoms with E-state index in [1.807, 2.05) is 25.8 Å². The van der Waals surface area contributed by atoms with Crippen molar-refractivity contribution in [1.82, 2.24) is 9.78 Å². The van der Waals surface area contributed by atoms with Crippen LogP contribution in [0.5, 0.6) is 0 Å². The second-order valence-corrected chi connectivity index (χ2v) is 11.3. The van der Waals surface area contributed by atoms with Crippen LogP contribution in [0.4, 0.5) is 0 Å². The van der Waals surface area contributed by atoms with Crippen molar-refractivity contribution in [3.8, 4) is 6.07 Å². The fourth-order valence-corrected chi connectivity index (χ4v) is 3.74. The van der Waals surface area contributed by atoms with E-state index >= 15 is 0 Å². The molecule has 0 saturated carbocycles. The summed E-state index contributed by atoms with van der Waals surface area (Å²) in [5, 5.41) is 13.8. The number of esters is 1. The van der Waals surface area contributed by atoms with Gasteiger partial charge in [0.1, 0.15) is 0 Å². The highest BCUT2D eigenvalue weighted by molar-refractivity contribution is 14.1. The molecular formula is C13H20IN3O3Si. The summed E-state index contributed by atoms with van der Waals surface area (Å²) in [7, 11) is -2.02. The van der Waals surface area contributed by atoms with Gasteiger partial charge in [-0.05, 0) is 49.2 Å². The first-order valence-electron chi connectivity index (χ1n) is 6.65. The van der Waals surface area contributed by atoms with Crippen molar-refractivity contribution in [3.63, 3.8) is 0 Å². The Balaban J connectivity index is 3.01. The van der Waals surface area contributed by atoms with Crippen molar-refractivity contribution in [2.45, 2.75) is 45.1 Å². The van der Waals surface area contributed by atoms with Crippen LogP contribution in [-0.4, -0.2) is 36.3 Å². The third kappa shape index (κ3) is 6.15. The maximum Gasteiger partial charge on any atom is 0.309 e. The van der Waals surface area contributed by atoms with Crippen LogP contribution in [0.25, 0.3) is 0 Å². The Bertz CT molecular complexity index is 535. The van der Waals surface area contributed by atoms with Crippen molar-refractivity contribution in [2.24, 2.45) is 0 Å². The van der Waals surface area contributed by atoms with Crippen LogP contribution in [0.2, 0.25) is 19.6 Å². The molecular weight excluding hydrogens is 401 g/mol. The molecule has 6 nitrogen and oxygen atoms in total. The number of halogens is 1. The van der Waals surface area contributed by atoms with Crippen LogP contribution in [0, 0.1) is 14.9 Å². The third-order valence-electron chi connectivity index (χ3n) is 2.46. The minimum Gasteiger partial charge on any atom is -0.466 e. The molecule has 0 aromatic carbocycles. The van der Waals surface area contributed by atoms with Gasteiger partial charge in [-0.3, -0.25) is 9.48 Å². The van der Waals surface area contributed by atoms with Gasteiger partial charge in [-0.2, -0.15) is 10.4 Å². The number of nitriles is 1. The molecule has 1 atom stereocenters. The highest BCUT2D eigenvalue weighted by atomic mass is 127. The summed E-state index contributed by atoms with van der Waals surface area (Å²) in [6.45, 7) is 8.18. The zero-order chi connectivity index (χ0) is 16.1. The predicted molar refractivity (Wildman–Crippen MR) is 89.0 cm³/mol. The highest BCUT2D eigenvalue weighted by Crippen LogP contribution is 2.24. The zero-order valence-corrected chi connectivity index (χ0v) is 15.9. The molecule has 1 heterocycles. The molecule has 1 unspecified atom stereocenters. The lowest BCUT2D eigenvalue weighted by Gasteiger charge is -2.32. The fourth-order valence-electron chi connectivity index (χ4n) is 1.94. The molecule has 1 rings (SSSR count). The molecule has 1 aromatic heterocycles. The van der Waals surface area contributed by atoms with Gasteiger partial charge in [0.05, 0.1) is 35.4 Å². The number of nitrogens with zero attached hydrogens (tertiary/aromatic N) is 3. The van der Waals surface area contributed by atoms with Gasteiger partial charge in [-0.15, -0.1) is 0 Å². The topological polar surface area (TPSA) is 77.1 Å². The number of ether oxygens (including phenoxy) is 1. The average molecular weight is 421 g/mol. The quantitative estimate of drug-likeness (QED) is 0.384. The molecule has 0 amide bonds. The summed E-state index contributed by atoms with van der Waals surface area (Å²) in [5.41, 5.74) is -1.24. The van der Waals surface area contributed by atoms with Crippen molar-refractivity contribution in [3.05, 3.63) is 16.0 Å². The smallest absolute Gasteiger partial charge is 0.309 e. The summed E-state index contributed by atoms with van der Waals surface area (Å²) in [6, 6.07) is 2.17. The van der Waals surface area contributed by atoms with Crippen LogP contribution in [-0.2, 0) is 20.5 Å². The first-order chi connectivity index (χ1) is 9.69. The van der Waals surface area contributed by atoms with Gasteiger partial charge in [0, 0.05) is 6.20 Å². The monoisotopic (exact) mass is 421 g/mol. The van der Waals surface area contributed by atoms with E-state index in [-0.39, 0.29) is 19.6 Å². The molecule has 0 radical (unpaired) electrons. The Morgan fingerprint density at radius 3 is 2.67 bits per heavy atom. The largest absolute Gasteiger partial charge is 0.466 e. The molecule has 116 valence electrons. The molecule has 0 fully saturated rings. The number of carbonyl (C=O) groups excluding carboxylic acids is 1. The predicted octanol–water partition coefficient (Wildman–Crippen LogP) is 2.55. The molecule has 8 heteroatoms. The van der Waals surface area contributed by atoms with E-state index < -0.39 is 19.9 Å². The number of hydrogen-bond acceptors (Lipinski definition) is 5. The van der Waals surface area contributed by atoms with Crippen LogP contribution in [0.15, 0.2) is 12.4 Å². The molecule has 0 aliphatic carbocycles. The second-order valence-electron chi connectivity index (χ2n) is 5.66. The van der Waals surface area contributed by atoms with Gasteiger partial charge in [0.2, 0.25) is 0 Å².